The first-order valence-electron chi connectivity index (χ1n) is 5.16. The second-order valence-electron chi connectivity index (χ2n) is 3.90. The lowest BCUT2D eigenvalue weighted by molar-refractivity contribution is -0.133. The molecule has 1 aliphatic rings. The number of amides is 1. The summed E-state index contributed by atoms with van der Waals surface area (Å²) < 4.78 is 25.9. The van der Waals surface area contributed by atoms with Crippen molar-refractivity contribution in [1.82, 2.24) is 5.32 Å². The highest BCUT2D eigenvalue weighted by atomic mass is 19.2. The highest BCUT2D eigenvalue weighted by Crippen LogP contribution is 2.30. The number of hydrogen-bond donors (Lipinski definition) is 2. The van der Waals surface area contributed by atoms with Crippen LogP contribution in [0.1, 0.15) is 17.9 Å². The highest BCUT2D eigenvalue weighted by molar-refractivity contribution is 5.93. The Morgan fingerprint density at radius 2 is 2.06 bits per heavy atom. The van der Waals surface area contributed by atoms with Gasteiger partial charge in [0.05, 0.1) is 5.57 Å². The molecule has 2 rings (SSSR count). The normalized spacial score (nSPS) is 19.1. The molecule has 0 saturated heterocycles. The number of nitrogens with one attached hydrogen (secondary N) is 1. The van der Waals surface area contributed by atoms with Crippen LogP contribution >= 0.6 is 0 Å². The third kappa shape index (κ3) is 2.22. The lowest BCUT2D eigenvalue weighted by Gasteiger charge is -2.21. The van der Waals surface area contributed by atoms with E-state index in [0.29, 0.717) is 0 Å². The summed E-state index contributed by atoms with van der Waals surface area (Å²) in [5.74, 6) is -4.42. The highest BCUT2D eigenvalue weighted by Gasteiger charge is 2.29. The standard InChI is InChI=1S/C12H9F2NO3/c13-9-2-1-6(3-10(9)14)7-4-11(16)15-5-8(7)12(17)18/h1-3,5,7H,4H2,(H,15,16)(H,17,18). The van der Waals surface area contributed by atoms with E-state index in [1.807, 2.05) is 0 Å². The van der Waals surface area contributed by atoms with Crippen LogP contribution < -0.4 is 5.32 Å². The second kappa shape index (κ2) is 4.56. The molecular formula is C12H9F2NO3. The van der Waals surface area contributed by atoms with Crippen molar-refractivity contribution in [3.63, 3.8) is 0 Å². The Kier molecular flexibility index (Phi) is 3.10. The fraction of sp³-hybridized carbons (Fsp3) is 0.167. The lowest BCUT2D eigenvalue weighted by atomic mass is 9.86. The summed E-state index contributed by atoms with van der Waals surface area (Å²) >= 11 is 0. The maximum atomic E-state index is 13.1. The number of carboxylic acid groups (broad SMARTS) is 1. The van der Waals surface area contributed by atoms with Crippen LogP contribution in [-0.2, 0) is 9.59 Å². The molecule has 0 spiro atoms. The van der Waals surface area contributed by atoms with E-state index < -0.39 is 23.5 Å². The van der Waals surface area contributed by atoms with E-state index in [9.17, 15) is 18.4 Å². The summed E-state index contributed by atoms with van der Waals surface area (Å²) in [6, 6.07) is 3.10. The molecule has 1 unspecified atom stereocenters. The lowest BCUT2D eigenvalue weighted by Crippen LogP contribution is -2.29. The zero-order valence-electron chi connectivity index (χ0n) is 9.11. The number of carbonyl (C=O) groups excluding carboxylic acids is 1. The van der Waals surface area contributed by atoms with Gasteiger partial charge in [0, 0.05) is 18.5 Å². The van der Waals surface area contributed by atoms with Gasteiger partial charge < -0.3 is 10.4 Å². The average Bonchev–Trinajstić information content (AvgIpc) is 2.32. The molecule has 6 heteroatoms. The molecule has 0 saturated carbocycles. The Balaban J connectivity index is 2.43. The molecule has 0 bridgehead atoms. The molecule has 0 radical (unpaired) electrons. The Bertz CT molecular complexity index is 554. The van der Waals surface area contributed by atoms with E-state index in [0.717, 1.165) is 18.3 Å². The molecule has 0 fully saturated rings. The summed E-state index contributed by atoms with van der Waals surface area (Å²) in [5, 5.41) is 11.3. The molecule has 4 nitrogen and oxygen atoms in total. The molecule has 1 aliphatic heterocycles. The van der Waals surface area contributed by atoms with Gasteiger partial charge >= 0.3 is 5.97 Å². The number of aliphatic carboxylic acids is 1. The number of halogens is 2. The van der Waals surface area contributed by atoms with Gasteiger partial charge in [-0.1, -0.05) is 6.07 Å². The summed E-state index contributed by atoms with van der Waals surface area (Å²) in [4.78, 5) is 22.3. The van der Waals surface area contributed by atoms with Crippen molar-refractivity contribution in [2.45, 2.75) is 12.3 Å². The van der Waals surface area contributed by atoms with Crippen LogP contribution in [0.15, 0.2) is 30.0 Å². The van der Waals surface area contributed by atoms with Gasteiger partial charge in [-0.25, -0.2) is 13.6 Å². The van der Waals surface area contributed by atoms with Crippen LogP contribution in [0.4, 0.5) is 8.78 Å². The van der Waals surface area contributed by atoms with Gasteiger partial charge in [0.2, 0.25) is 5.91 Å². The third-order valence-corrected chi connectivity index (χ3v) is 2.75. The molecule has 1 amide bonds. The Morgan fingerprint density at radius 3 is 2.67 bits per heavy atom. The molecule has 94 valence electrons. The van der Waals surface area contributed by atoms with Gasteiger partial charge in [0.25, 0.3) is 0 Å². The zero-order chi connectivity index (χ0) is 13.3. The van der Waals surface area contributed by atoms with Crippen molar-refractivity contribution >= 4 is 11.9 Å². The SMILES string of the molecule is O=C1CC(c2ccc(F)c(F)c2)C(C(=O)O)=CN1. The number of rotatable bonds is 2. The van der Waals surface area contributed by atoms with Crippen molar-refractivity contribution in [2.75, 3.05) is 0 Å². The van der Waals surface area contributed by atoms with Crippen molar-refractivity contribution in [3.05, 3.63) is 47.2 Å². The quantitative estimate of drug-likeness (QED) is 0.840. The summed E-state index contributed by atoms with van der Waals surface area (Å²) in [5.41, 5.74) is 0.206. The predicted octanol–water partition coefficient (Wildman–Crippen LogP) is 1.54. The van der Waals surface area contributed by atoms with E-state index in [2.05, 4.69) is 5.32 Å². The molecule has 1 aromatic carbocycles. The van der Waals surface area contributed by atoms with Crippen LogP contribution in [0.5, 0.6) is 0 Å². The fourth-order valence-corrected chi connectivity index (χ4v) is 1.85. The monoisotopic (exact) mass is 253 g/mol. The summed E-state index contributed by atoms with van der Waals surface area (Å²) in [7, 11) is 0. The van der Waals surface area contributed by atoms with Gasteiger partial charge in [0.15, 0.2) is 11.6 Å². The molecule has 0 aliphatic carbocycles. The van der Waals surface area contributed by atoms with E-state index in [4.69, 9.17) is 5.11 Å². The fourth-order valence-electron chi connectivity index (χ4n) is 1.85. The average molecular weight is 253 g/mol. The Hall–Kier alpha value is -2.24. The number of hydrogen-bond acceptors (Lipinski definition) is 2. The first-order valence-corrected chi connectivity index (χ1v) is 5.16. The minimum absolute atomic E-state index is 0.0550. The van der Waals surface area contributed by atoms with E-state index in [-0.39, 0.29) is 23.5 Å². The topological polar surface area (TPSA) is 66.4 Å². The van der Waals surface area contributed by atoms with Gasteiger partial charge in [-0.15, -0.1) is 0 Å². The summed E-state index contributed by atoms with van der Waals surface area (Å²) in [6.45, 7) is 0. The van der Waals surface area contributed by atoms with Crippen LogP contribution in [0.3, 0.4) is 0 Å². The van der Waals surface area contributed by atoms with Gasteiger partial charge in [-0.2, -0.15) is 0 Å². The largest absolute Gasteiger partial charge is 0.478 e. The maximum Gasteiger partial charge on any atom is 0.333 e. The minimum atomic E-state index is -1.20. The third-order valence-electron chi connectivity index (χ3n) is 2.75. The second-order valence-corrected chi connectivity index (χ2v) is 3.90. The van der Waals surface area contributed by atoms with Gasteiger partial charge in [-0.3, -0.25) is 4.79 Å². The molecule has 0 aromatic heterocycles. The maximum absolute atomic E-state index is 13.1. The van der Waals surface area contributed by atoms with Crippen LogP contribution in [0.25, 0.3) is 0 Å². The van der Waals surface area contributed by atoms with Crippen molar-refractivity contribution in [3.8, 4) is 0 Å². The Labute approximate surface area is 101 Å². The first kappa shape index (κ1) is 12.2. The Morgan fingerprint density at radius 1 is 1.33 bits per heavy atom. The molecular weight excluding hydrogens is 244 g/mol. The number of benzene rings is 1. The van der Waals surface area contributed by atoms with Crippen molar-refractivity contribution < 1.29 is 23.5 Å². The predicted molar refractivity (Wildman–Crippen MR) is 57.6 cm³/mol. The molecule has 18 heavy (non-hydrogen) atoms. The van der Waals surface area contributed by atoms with E-state index in [1.165, 1.54) is 6.07 Å². The van der Waals surface area contributed by atoms with Crippen LogP contribution in [0.2, 0.25) is 0 Å². The molecule has 1 aromatic rings. The van der Waals surface area contributed by atoms with Crippen LogP contribution in [-0.4, -0.2) is 17.0 Å². The zero-order valence-corrected chi connectivity index (χ0v) is 9.11. The van der Waals surface area contributed by atoms with Gasteiger partial charge in [0.1, 0.15) is 0 Å². The number of carbonyl (C=O) groups is 2. The molecule has 2 N–H and O–H groups in total. The van der Waals surface area contributed by atoms with E-state index in [1.54, 1.807) is 0 Å². The van der Waals surface area contributed by atoms with E-state index >= 15 is 0 Å². The van der Waals surface area contributed by atoms with Crippen LogP contribution in [0, 0.1) is 11.6 Å². The summed E-state index contributed by atoms with van der Waals surface area (Å²) in [6.07, 6.45) is 0.975. The number of carboxylic acids is 1. The molecule has 1 atom stereocenters. The molecule has 1 heterocycles. The minimum Gasteiger partial charge on any atom is -0.478 e. The van der Waals surface area contributed by atoms with Crippen molar-refractivity contribution in [2.24, 2.45) is 0 Å². The van der Waals surface area contributed by atoms with Crippen molar-refractivity contribution in [1.29, 1.82) is 0 Å². The van der Waals surface area contributed by atoms with Gasteiger partial charge in [-0.05, 0) is 17.7 Å². The first-order chi connectivity index (χ1) is 8.49. The smallest absolute Gasteiger partial charge is 0.333 e.